The van der Waals surface area contributed by atoms with Gasteiger partial charge in [0.15, 0.2) is 0 Å². The molecule has 4 heteroatoms. The first-order chi connectivity index (χ1) is 9.29. The lowest BCUT2D eigenvalue weighted by molar-refractivity contribution is -0.686. The lowest BCUT2D eigenvalue weighted by atomic mass is 10.2. The molecule has 100 valence electrons. The number of hydrogen-bond acceptors (Lipinski definition) is 2. The summed E-state index contributed by atoms with van der Waals surface area (Å²) >= 11 is 6.03. The van der Waals surface area contributed by atoms with Crippen LogP contribution in [-0.2, 0) is 13.1 Å². The van der Waals surface area contributed by atoms with Gasteiger partial charge in [-0.2, -0.15) is 0 Å². The minimum atomic E-state index is 0.664. The topological polar surface area (TPSA) is 38.7 Å². The summed E-state index contributed by atoms with van der Waals surface area (Å²) in [5.74, 6) is 0.911. The predicted molar refractivity (Wildman–Crippen MR) is 76.2 cm³/mol. The van der Waals surface area contributed by atoms with Crippen molar-refractivity contribution in [1.82, 2.24) is 4.98 Å². The highest BCUT2D eigenvalue weighted by Gasteiger charge is 2.06. The standard InChI is InChI=1S/C15H17ClN2O/c1-2-19-15-6-5-14(16)8-13(15)11-18-10-12-4-3-7-17-9-12/h3-9,18H,2,10-11H2,1H3/p+1. The summed E-state index contributed by atoms with van der Waals surface area (Å²) in [4.78, 5) is 4.11. The molecule has 0 aliphatic carbocycles. The van der Waals surface area contributed by atoms with Crippen LogP contribution in [-0.4, -0.2) is 11.6 Å². The molecular formula is C15H18ClN2O+. The summed E-state index contributed by atoms with van der Waals surface area (Å²) in [5, 5.41) is 2.96. The lowest BCUT2D eigenvalue weighted by Gasteiger charge is -2.09. The van der Waals surface area contributed by atoms with Crippen molar-refractivity contribution in [2.75, 3.05) is 6.61 Å². The highest BCUT2D eigenvalue weighted by molar-refractivity contribution is 6.30. The number of halogens is 1. The van der Waals surface area contributed by atoms with Crippen LogP contribution in [0.3, 0.4) is 0 Å². The number of nitrogens with zero attached hydrogens (tertiary/aromatic N) is 1. The predicted octanol–water partition coefficient (Wildman–Crippen LogP) is 2.40. The van der Waals surface area contributed by atoms with Gasteiger partial charge in [-0.1, -0.05) is 17.7 Å². The maximum absolute atomic E-state index is 6.03. The average Bonchev–Trinajstić information content (AvgIpc) is 2.43. The van der Waals surface area contributed by atoms with Gasteiger partial charge in [0.05, 0.1) is 6.61 Å². The quantitative estimate of drug-likeness (QED) is 0.881. The molecule has 1 aromatic carbocycles. The van der Waals surface area contributed by atoms with Crippen molar-refractivity contribution in [3.63, 3.8) is 0 Å². The number of ether oxygens (including phenoxy) is 1. The van der Waals surface area contributed by atoms with Crippen molar-refractivity contribution in [2.45, 2.75) is 20.0 Å². The fourth-order valence-corrected chi connectivity index (χ4v) is 2.11. The smallest absolute Gasteiger partial charge is 0.128 e. The highest BCUT2D eigenvalue weighted by atomic mass is 35.5. The molecule has 0 aliphatic rings. The Labute approximate surface area is 118 Å². The van der Waals surface area contributed by atoms with Crippen LogP contribution < -0.4 is 10.1 Å². The first-order valence-corrected chi connectivity index (χ1v) is 6.79. The van der Waals surface area contributed by atoms with Gasteiger partial charge >= 0.3 is 0 Å². The van der Waals surface area contributed by atoms with E-state index in [0.29, 0.717) is 6.61 Å². The second kappa shape index (κ2) is 7.12. The first-order valence-electron chi connectivity index (χ1n) is 6.41. The lowest BCUT2D eigenvalue weighted by Crippen LogP contribution is -2.80. The zero-order valence-corrected chi connectivity index (χ0v) is 11.7. The van der Waals surface area contributed by atoms with Crippen LogP contribution in [0.25, 0.3) is 0 Å². The van der Waals surface area contributed by atoms with Crippen molar-refractivity contribution in [1.29, 1.82) is 0 Å². The van der Waals surface area contributed by atoms with Crippen LogP contribution in [0.4, 0.5) is 0 Å². The van der Waals surface area contributed by atoms with E-state index in [1.165, 1.54) is 5.56 Å². The monoisotopic (exact) mass is 277 g/mol. The maximum Gasteiger partial charge on any atom is 0.128 e. The summed E-state index contributed by atoms with van der Waals surface area (Å²) in [7, 11) is 0. The number of pyridine rings is 1. The Bertz CT molecular complexity index is 517. The van der Waals surface area contributed by atoms with E-state index >= 15 is 0 Å². The molecule has 0 aliphatic heterocycles. The number of aromatic nitrogens is 1. The molecule has 0 saturated heterocycles. The third-order valence-corrected chi connectivity index (χ3v) is 3.02. The Hall–Kier alpha value is -1.58. The number of hydrogen-bond donors (Lipinski definition) is 1. The number of quaternary nitrogens is 1. The van der Waals surface area contributed by atoms with Crippen molar-refractivity contribution in [2.24, 2.45) is 0 Å². The van der Waals surface area contributed by atoms with Crippen molar-refractivity contribution >= 4 is 11.6 Å². The molecule has 19 heavy (non-hydrogen) atoms. The number of nitrogens with two attached hydrogens (primary N) is 1. The molecule has 1 aromatic heterocycles. The van der Waals surface area contributed by atoms with Crippen molar-refractivity contribution in [3.05, 3.63) is 58.9 Å². The zero-order valence-electron chi connectivity index (χ0n) is 11.0. The summed E-state index contributed by atoms with van der Waals surface area (Å²) in [6.07, 6.45) is 3.67. The Morgan fingerprint density at radius 1 is 1.26 bits per heavy atom. The molecular weight excluding hydrogens is 260 g/mol. The van der Waals surface area contributed by atoms with E-state index in [-0.39, 0.29) is 0 Å². The maximum atomic E-state index is 6.03. The highest BCUT2D eigenvalue weighted by Crippen LogP contribution is 2.22. The second-order valence-corrected chi connectivity index (χ2v) is 4.68. The van der Waals surface area contributed by atoms with E-state index in [1.807, 2.05) is 37.4 Å². The van der Waals surface area contributed by atoms with Gasteiger partial charge in [-0.3, -0.25) is 4.98 Å². The molecule has 0 spiro atoms. The van der Waals surface area contributed by atoms with Gasteiger partial charge in [-0.15, -0.1) is 0 Å². The Morgan fingerprint density at radius 2 is 2.16 bits per heavy atom. The second-order valence-electron chi connectivity index (χ2n) is 4.24. The molecule has 0 bridgehead atoms. The average molecular weight is 278 g/mol. The first kappa shape index (κ1) is 13.8. The van der Waals surface area contributed by atoms with E-state index in [2.05, 4.69) is 16.4 Å². The van der Waals surface area contributed by atoms with E-state index in [4.69, 9.17) is 16.3 Å². The number of rotatable bonds is 6. The van der Waals surface area contributed by atoms with E-state index in [0.717, 1.165) is 29.4 Å². The third-order valence-electron chi connectivity index (χ3n) is 2.79. The molecule has 0 amide bonds. The third kappa shape index (κ3) is 4.23. The summed E-state index contributed by atoms with van der Waals surface area (Å²) in [5.41, 5.74) is 2.33. The molecule has 2 rings (SSSR count). The van der Waals surface area contributed by atoms with Crippen molar-refractivity contribution < 1.29 is 10.1 Å². The SMILES string of the molecule is CCOc1ccc(Cl)cc1C[NH2+]Cc1cccnc1. The van der Waals surface area contributed by atoms with Crippen molar-refractivity contribution in [3.8, 4) is 5.75 Å². The summed E-state index contributed by atoms with van der Waals surface area (Å²) in [6.45, 7) is 4.38. The van der Waals surface area contributed by atoms with Crippen LogP contribution in [0.1, 0.15) is 18.1 Å². The van der Waals surface area contributed by atoms with Gasteiger partial charge in [0.25, 0.3) is 0 Å². The van der Waals surface area contributed by atoms with Crippen LogP contribution in [0.15, 0.2) is 42.7 Å². The van der Waals surface area contributed by atoms with Gasteiger partial charge in [0, 0.05) is 28.5 Å². The van der Waals surface area contributed by atoms with E-state index in [9.17, 15) is 0 Å². The van der Waals surface area contributed by atoms with Gasteiger partial charge in [0.2, 0.25) is 0 Å². The molecule has 0 atom stereocenters. The fourth-order valence-electron chi connectivity index (χ4n) is 1.92. The summed E-state index contributed by atoms with van der Waals surface area (Å²) in [6, 6.07) is 9.78. The molecule has 2 N–H and O–H groups in total. The Kier molecular flexibility index (Phi) is 5.19. The minimum Gasteiger partial charge on any atom is -0.493 e. The molecule has 0 unspecified atom stereocenters. The van der Waals surface area contributed by atoms with Crippen LogP contribution in [0.2, 0.25) is 5.02 Å². The number of benzene rings is 1. The van der Waals surface area contributed by atoms with Crippen LogP contribution in [0.5, 0.6) is 5.75 Å². The molecule has 2 aromatic rings. The zero-order chi connectivity index (χ0) is 13.5. The van der Waals surface area contributed by atoms with E-state index in [1.54, 1.807) is 6.20 Å². The normalized spacial score (nSPS) is 10.4. The minimum absolute atomic E-state index is 0.664. The van der Waals surface area contributed by atoms with Gasteiger partial charge in [-0.05, 0) is 31.2 Å². The van der Waals surface area contributed by atoms with Gasteiger partial charge < -0.3 is 10.1 Å². The largest absolute Gasteiger partial charge is 0.493 e. The molecule has 0 fully saturated rings. The summed E-state index contributed by atoms with van der Waals surface area (Å²) < 4.78 is 5.60. The van der Waals surface area contributed by atoms with Crippen LogP contribution in [0, 0.1) is 0 Å². The van der Waals surface area contributed by atoms with Gasteiger partial charge in [0.1, 0.15) is 18.8 Å². The molecule has 0 radical (unpaired) electrons. The van der Waals surface area contributed by atoms with Crippen LogP contribution >= 0.6 is 11.6 Å². The molecule has 0 saturated carbocycles. The molecule has 3 nitrogen and oxygen atoms in total. The Balaban J connectivity index is 1.96. The molecule has 1 heterocycles. The van der Waals surface area contributed by atoms with Gasteiger partial charge in [-0.25, -0.2) is 0 Å². The van der Waals surface area contributed by atoms with E-state index < -0.39 is 0 Å². The fraction of sp³-hybridized carbons (Fsp3) is 0.267. The Morgan fingerprint density at radius 3 is 2.89 bits per heavy atom.